The third-order valence-electron chi connectivity index (χ3n) is 8.94. The Kier molecular flexibility index (Phi) is 11.5. The van der Waals surface area contributed by atoms with E-state index in [1.54, 1.807) is 38.3 Å². The van der Waals surface area contributed by atoms with E-state index >= 15 is 0 Å². The van der Waals surface area contributed by atoms with Gasteiger partial charge in [-0.05, 0) is 61.9 Å². The molecule has 1 aliphatic heterocycles. The van der Waals surface area contributed by atoms with E-state index < -0.39 is 12.1 Å². The predicted molar refractivity (Wildman–Crippen MR) is 201 cm³/mol. The summed E-state index contributed by atoms with van der Waals surface area (Å²) < 4.78 is 37.8. The number of esters is 1. The molecule has 0 saturated carbocycles. The van der Waals surface area contributed by atoms with Crippen LogP contribution in [0.4, 0.5) is 4.39 Å². The number of hydrogen-bond donors (Lipinski definition) is 0. The van der Waals surface area contributed by atoms with Crippen molar-refractivity contribution in [2.75, 3.05) is 60.1 Å². The number of carbonyl (C=O) groups is 1. The zero-order valence-corrected chi connectivity index (χ0v) is 30.7. The fourth-order valence-corrected chi connectivity index (χ4v) is 7.47. The van der Waals surface area contributed by atoms with Crippen molar-refractivity contribution in [1.82, 2.24) is 19.8 Å². The molecule has 51 heavy (non-hydrogen) atoms. The van der Waals surface area contributed by atoms with Crippen LogP contribution in [0.1, 0.15) is 18.1 Å². The fourth-order valence-electron chi connectivity index (χ4n) is 6.10. The number of benzene rings is 3. The summed E-state index contributed by atoms with van der Waals surface area (Å²) in [6.45, 7) is 13.4. The van der Waals surface area contributed by atoms with Crippen LogP contribution in [0.25, 0.3) is 37.4 Å². The summed E-state index contributed by atoms with van der Waals surface area (Å²) >= 11 is 8.43. The van der Waals surface area contributed by atoms with Crippen molar-refractivity contribution in [3.05, 3.63) is 95.5 Å². The molecule has 0 N–H and O–H groups in total. The van der Waals surface area contributed by atoms with Crippen molar-refractivity contribution in [3.8, 4) is 38.9 Å². The number of rotatable bonds is 13. The molecule has 1 unspecified atom stereocenters. The molecule has 2 aromatic heterocycles. The highest BCUT2D eigenvalue weighted by Gasteiger charge is 2.31. The monoisotopic (exact) mass is 730 g/mol. The Morgan fingerprint density at radius 1 is 1.04 bits per heavy atom. The summed E-state index contributed by atoms with van der Waals surface area (Å²) in [5, 5.41) is 1.04. The topological polar surface area (TPSA) is 86.3 Å². The van der Waals surface area contributed by atoms with E-state index in [1.807, 2.05) is 31.2 Å². The Bertz CT molecular complexity index is 2030. The number of ether oxygens (including phenoxy) is 4. The van der Waals surface area contributed by atoms with Crippen molar-refractivity contribution < 1.29 is 28.1 Å². The molecule has 0 radical (unpaired) electrons. The van der Waals surface area contributed by atoms with E-state index in [4.69, 9.17) is 30.5 Å². The molecule has 1 atom stereocenters. The van der Waals surface area contributed by atoms with Crippen LogP contribution in [0.2, 0.25) is 5.02 Å². The number of piperazine rings is 1. The quantitative estimate of drug-likeness (QED) is 0.113. The number of fused-ring (bicyclic) bond motifs is 1. The summed E-state index contributed by atoms with van der Waals surface area (Å²) in [6, 6.07) is 17.3. The summed E-state index contributed by atoms with van der Waals surface area (Å²) in [4.78, 5) is 28.7. The van der Waals surface area contributed by atoms with Gasteiger partial charge in [-0.1, -0.05) is 54.6 Å². The van der Waals surface area contributed by atoms with Crippen LogP contribution in [0.5, 0.6) is 17.4 Å². The standard InChI is InChI=1S/C39H40ClFN4O5S/c1-6-48-39(46)35(25(3)28-9-7-8-10-30(28)47-5)50-37-33-32(36(51-38(33)43-23-42-37)26-11-13-27(41)14-12-26)29-15-16-31(34(40)24(29)2)49-22-21-45-19-17-44(4)18-20-45/h7-16,23,35H,3,6,17-22H2,1-2,4-5H3. The lowest BCUT2D eigenvalue weighted by atomic mass is 9.95. The van der Waals surface area contributed by atoms with Crippen molar-refractivity contribution >= 4 is 44.7 Å². The van der Waals surface area contributed by atoms with Gasteiger partial charge >= 0.3 is 5.97 Å². The van der Waals surface area contributed by atoms with Crippen LogP contribution in [0, 0.1) is 12.7 Å². The summed E-state index contributed by atoms with van der Waals surface area (Å²) in [7, 11) is 3.68. The molecule has 0 amide bonds. The van der Waals surface area contributed by atoms with Crippen molar-refractivity contribution in [2.45, 2.75) is 20.0 Å². The summed E-state index contributed by atoms with van der Waals surface area (Å²) in [5.74, 6) is 0.275. The zero-order valence-electron chi connectivity index (χ0n) is 29.1. The first-order chi connectivity index (χ1) is 24.7. The molecular formula is C39H40ClFN4O5S. The van der Waals surface area contributed by atoms with E-state index in [-0.39, 0.29) is 18.3 Å². The fraction of sp³-hybridized carbons (Fsp3) is 0.308. The molecule has 0 aliphatic carbocycles. The van der Waals surface area contributed by atoms with Gasteiger partial charge < -0.3 is 23.8 Å². The summed E-state index contributed by atoms with van der Waals surface area (Å²) in [6.07, 6.45) is 0.125. The van der Waals surface area contributed by atoms with E-state index in [2.05, 4.69) is 33.4 Å². The van der Waals surface area contributed by atoms with Gasteiger partial charge in [0.15, 0.2) is 0 Å². The average Bonchev–Trinajstić information content (AvgIpc) is 3.53. The molecule has 3 heterocycles. The summed E-state index contributed by atoms with van der Waals surface area (Å²) in [5.41, 5.74) is 3.98. The smallest absolute Gasteiger partial charge is 0.352 e. The molecule has 1 aliphatic rings. The van der Waals surface area contributed by atoms with Crippen LogP contribution >= 0.6 is 22.9 Å². The molecule has 5 aromatic rings. The highest BCUT2D eigenvalue weighted by molar-refractivity contribution is 7.22. The van der Waals surface area contributed by atoms with Crippen LogP contribution < -0.4 is 14.2 Å². The van der Waals surface area contributed by atoms with Crippen molar-refractivity contribution in [3.63, 3.8) is 0 Å². The maximum atomic E-state index is 14.1. The molecule has 9 nitrogen and oxygen atoms in total. The third kappa shape index (κ3) is 7.86. The normalized spacial score (nSPS) is 14.3. The second kappa shape index (κ2) is 16.2. The van der Waals surface area contributed by atoms with Crippen molar-refractivity contribution in [1.29, 1.82) is 0 Å². The van der Waals surface area contributed by atoms with Gasteiger partial charge in [0, 0.05) is 54.3 Å². The second-order valence-electron chi connectivity index (χ2n) is 12.2. The first-order valence-corrected chi connectivity index (χ1v) is 17.9. The molecule has 0 bridgehead atoms. The van der Waals surface area contributed by atoms with Gasteiger partial charge in [-0.3, -0.25) is 4.90 Å². The number of aromatic nitrogens is 2. The molecular weight excluding hydrogens is 691 g/mol. The molecule has 266 valence electrons. The predicted octanol–water partition coefficient (Wildman–Crippen LogP) is 7.78. The highest BCUT2D eigenvalue weighted by Crippen LogP contribution is 2.49. The SMILES string of the molecule is C=C(c1ccccc1OC)C(Oc1ncnc2sc(-c3ccc(F)cc3)c(-c3ccc(OCCN4CCN(C)CC4)c(Cl)c3C)c12)C(=O)OCC. The first kappa shape index (κ1) is 36.2. The van der Waals surface area contributed by atoms with Gasteiger partial charge in [-0.2, -0.15) is 0 Å². The Hall–Kier alpha value is -4.55. The number of halogens is 2. The number of carbonyl (C=O) groups excluding carboxylic acids is 1. The Morgan fingerprint density at radius 2 is 1.78 bits per heavy atom. The van der Waals surface area contributed by atoms with Gasteiger partial charge in [-0.25, -0.2) is 19.2 Å². The first-order valence-electron chi connectivity index (χ1n) is 16.7. The van der Waals surface area contributed by atoms with E-state index in [0.717, 1.165) is 59.9 Å². The third-order valence-corrected chi connectivity index (χ3v) is 10.6. The number of nitrogens with zero attached hydrogens (tertiary/aromatic N) is 4. The number of thiophene rings is 1. The van der Waals surface area contributed by atoms with Crippen LogP contribution in [0.3, 0.4) is 0 Å². The Labute approximate surface area is 306 Å². The minimum Gasteiger partial charge on any atom is -0.496 e. The zero-order chi connectivity index (χ0) is 36.1. The van der Waals surface area contributed by atoms with E-state index in [9.17, 15) is 9.18 Å². The number of methoxy groups -OCH3 is 1. The van der Waals surface area contributed by atoms with Gasteiger partial charge in [0.2, 0.25) is 12.0 Å². The molecule has 1 fully saturated rings. The van der Waals surface area contributed by atoms with Gasteiger partial charge in [-0.15, -0.1) is 11.3 Å². The Balaban J connectivity index is 1.43. The van der Waals surface area contributed by atoms with Gasteiger partial charge in [0.05, 0.1) is 24.1 Å². The maximum Gasteiger partial charge on any atom is 0.352 e. The average molecular weight is 731 g/mol. The van der Waals surface area contributed by atoms with E-state index in [1.165, 1.54) is 29.8 Å². The van der Waals surface area contributed by atoms with Gasteiger partial charge in [0.25, 0.3) is 0 Å². The minimum atomic E-state index is -1.26. The molecule has 3 aromatic carbocycles. The lowest BCUT2D eigenvalue weighted by Crippen LogP contribution is -2.45. The maximum absolute atomic E-state index is 14.1. The lowest BCUT2D eigenvalue weighted by molar-refractivity contribution is -0.148. The van der Waals surface area contributed by atoms with E-state index in [0.29, 0.717) is 44.5 Å². The minimum absolute atomic E-state index is 0.136. The van der Waals surface area contributed by atoms with Crippen LogP contribution in [-0.4, -0.2) is 91.9 Å². The van der Waals surface area contributed by atoms with Crippen LogP contribution in [-0.2, 0) is 9.53 Å². The molecule has 1 saturated heterocycles. The number of likely N-dealkylation sites (N-methyl/N-ethyl adjacent to an activating group) is 1. The largest absolute Gasteiger partial charge is 0.496 e. The number of hydrogen-bond acceptors (Lipinski definition) is 10. The highest BCUT2D eigenvalue weighted by atomic mass is 35.5. The molecule has 6 rings (SSSR count). The number of para-hydroxylation sites is 1. The van der Waals surface area contributed by atoms with Crippen molar-refractivity contribution in [2.24, 2.45) is 0 Å². The second-order valence-corrected chi connectivity index (χ2v) is 13.6. The van der Waals surface area contributed by atoms with Gasteiger partial charge in [0.1, 0.15) is 35.1 Å². The molecule has 0 spiro atoms. The van der Waals surface area contributed by atoms with Crippen LogP contribution in [0.15, 0.2) is 73.6 Å². The Morgan fingerprint density at radius 3 is 2.51 bits per heavy atom. The lowest BCUT2D eigenvalue weighted by Gasteiger charge is -2.32. The molecule has 12 heteroatoms.